The van der Waals surface area contributed by atoms with Crippen LogP contribution in [0.1, 0.15) is 24.1 Å². The average Bonchev–Trinajstić information content (AvgIpc) is 2.87. The minimum absolute atomic E-state index is 0.703. The molecule has 2 aromatic carbocycles. The Bertz CT molecular complexity index is 1420. The highest BCUT2D eigenvalue weighted by Gasteiger charge is 2.40. The maximum absolute atomic E-state index is 10.3. The number of aromatic nitrogens is 3. The molecule has 0 aliphatic rings. The van der Waals surface area contributed by atoms with Crippen molar-refractivity contribution < 1.29 is 34.8 Å². The van der Waals surface area contributed by atoms with E-state index in [1.807, 2.05) is 48.5 Å². The molecule has 0 amide bonds. The molecule has 0 fully saturated rings. The van der Waals surface area contributed by atoms with Gasteiger partial charge in [0.25, 0.3) is 0 Å². The van der Waals surface area contributed by atoms with Crippen molar-refractivity contribution in [1.29, 1.82) is 0 Å². The van der Waals surface area contributed by atoms with Gasteiger partial charge in [0.1, 0.15) is 0 Å². The van der Waals surface area contributed by atoms with Gasteiger partial charge in [-0.25, -0.2) is 4.79 Å². The van der Waals surface area contributed by atoms with E-state index in [4.69, 9.17) is 32.0 Å². The van der Waals surface area contributed by atoms with Crippen molar-refractivity contribution in [3.8, 4) is 0 Å². The first-order valence-corrected chi connectivity index (χ1v) is 11.5. The summed E-state index contributed by atoms with van der Waals surface area (Å²) < 4.78 is 0. The number of nitrogens with zero attached hydrogens (tertiary/aromatic N) is 3. The predicted molar refractivity (Wildman–Crippen MR) is 138 cm³/mol. The lowest BCUT2D eigenvalue weighted by atomic mass is 9.96. The lowest BCUT2D eigenvalue weighted by molar-refractivity contribution is -0.170. The number of nitrogens with one attached hydrogen (secondary N) is 1. The van der Waals surface area contributed by atoms with Crippen LogP contribution in [-0.2, 0) is 20.8 Å². The topological polar surface area (TPSA) is 183 Å². The summed E-state index contributed by atoms with van der Waals surface area (Å²) in [7, 11) is 0. The van der Waals surface area contributed by atoms with Gasteiger partial charge in [0.05, 0.1) is 18.5 Å². The zero-order valence-electron chi connectivity index (χ0n) is 19.8. The van der Waals surface area contributed by atoms with Gasteiger partial charge in [0, 0.05) is 40.3 Å². The van der Waals surface area contributed by atoms with E-state index in [-0.39, 0.29) is 0 Å². The lowest BCUT2D eigenvalue weighted by Gasteiger charge is -2.18. The first-order valence-electron chi connectivity index (χ1n) is 11.1. The number of pyridine rings is 1. The van der Waals surface area contributed by atoms with E-state index in [1.165, 1.54) is 0 Å². The van der Waals surface area contributed by atoms with E-state index in [0.29, 0.717) is 5.02 Å². The minimum Gasteiger partial charge on any atom is -0.481 e. The number of aliphatic carboxylic acids is 3. The fourth-order valence-electron chi connectivity index (χ4n) is 3.46. The zero-order chi connectivity index (χ0) is 27.7. The highest BCUT2D eigenvalue weighted by molar-refractivity contribution is 6.30. The van der Waals surface area contributed by atoms with Crippen molar-refractivity contribution >= 4 is 51.8 Å². The molecule has 0 saturated heterocycles. The molecule has 2 heterocycles. The van der Waals surface area contributed by atoms with Crippen LogP contribution in [0.4, 0.5) is 11.5 Å². The Labute approximate surface area is 221 Å². The Kier molecular flexibility index (Phi) is 9.25. The third-order valence-electron chi connectivity index (χ3n) is 5.28. The summed E-state index contributed by atoms with van der Waals surface area (Å²) in [5, 5.41) is 48.8. The van der Waals surface area contributed by atoms with Gasteiger partial charge in [-0.15, -0.1) is 5.10 Å². The SMILES string of the molecule is Clc1ccc(Nc2nnc(Cc3ccncc3)c3ccccc23)cc1.O=C(O)CC(O)(CC(=O)O)C(=O)O. The molecule has 0 spiro atoms. The minimum atomic E-state index is -2.74. The number of halogens is 1. The molecule has 0 bridgehead atoms. The Hall–Kier alpha value is -4.61. The van der Waals surface area contributed by atoms with E-state index in [9.17, 15) is 14.4 Å². The molecular weight excluding hydrogens is 516 g/mol. The van der Waals surface area contributed by atoms with Crippen LogP contribution in [-0.4, -0.2) is 59.1 Å². The fraction of sp³-hybridized carbons (Fsp3) is 0.154. The Morgan fingerprint density at radius 1 is 0.816 bits per heavy atom. The molecule has 0 aliphatic heterocycles. The van der Waals surface area contributed by atoms with Crippen molar-refractivity contribution in [3.63, 3.8) is 0 Å². The van der Waals surface area contributed by atoms with Gasteiger partial charge < -0.3 is 25.7 Å². The van der Waals surface area contributed by atoms with Gasteiger partial charge in [-0.05, 0) is 42.0 Å². The maximum atomic E-state index is 10.3. The Morgan fingerprint density at radius 2 is 1.39 bits per heavy atom. The largest absolute Gasteiger partial charge is 0.481 e. The smallest absolute Gasteiger partial charge is 0.336 e. The number of benzene rings is 2. The number of fused-ring (bicyclic) bond motifs is 1. The number of carboxylic acids is 3. The Balaban J connectivity index is 0.000000263. The molecule has 4 rings (SSSR count). The van der Waals surface area contributed by atoms with Crippen molar-refractivity contribution in [2.75, 3.05) is 5.32 Å². The maximum Gasteiger partial charge on any atom is 0.336 e. The third-order valence-corrected chi connectivity index (χ3v) is 5.53. The van der Waals surface area contributed by atoms with E-state index in [2.05, 4.69) is 32.6 Å². The monoisotopic (exact) mass is 538 g/mol. The number of anilines is 2. The normalized spacial score (nSPS) is 10.8. The highest BCUT2D eigenvalue weighted by Crippen LogP contribution is 2.27. The van der Waals surface area contributed by atoms with Crippen LogP contribution in [0.3, 0.4) is 0 Å². The molecule has 12 heteroatoms. The van der Waals surface area contributed by atoms with Crippen molar-refractivity contribution in [2.24, 2.45) is 0 Å². The standard InChI is InChI=1S/C20H15ClN4.C6H8O7/c21-15-5-7-16(8-6-15)23-20-18-4-2-1-3-17(18)19(24-25-20)13-14-9-11-22-12-10-14;7-3(8)1-6(13,5(11)12)2-4(9)10/h1-12H,13H2,(H,23,25);13H,1-2H2,(H,7,8)(H,9,10)(H,11,12). The molecule has 196 valence electrons. The van der Waals surface area contributed by atoms with Gasteiger partial charge >= 0.3 is 17.9 Å². The average molecular weight is 539 g/mol. The second-order valence-electron chi connectivity index (χ2n) is 8.18. The quantitative estimate of drug-likeness (QED) is 0.209. The van der Waals surface area contributed by atoms with E-state index < -0.39 is 36.4 Å². The molecule has 4 aromatic rings. The predicted octanol–water partition coefficient (Wildman–Crippen LogP) is 3.76. The zero-order valence-corrected chi connectivity index (χ0v) is 20.5. The summed E-state index contributed by atoms with van der Waals surface area (Å²) >= 11 is 5.95. The second-order valence-corrected chi connectivity index (χ2v) is 8.62. The van der Waals surface area contributed by atoms with Gasteiger partial charge in [-0.1, -0.05) is 35.9 Å². The van der Waals surface area contributed by atoms with E-state index in [0.717, 1.165) is 40.0 Å². The van der Waals surface area contributed by atoms with Gasteiger partial charge in [0.2, 0.25) is 0 Å². The molecule has 38 heavy (non-hydrogen) atoms. The summed E-state index contributed by atoms with van der Waals surface area (Å²) in [6.07, 6.45) is 2.02. The van der Waals surface area contributed by atoms with Crippen molar-refractivity contribution in [3.05, 3.63) is 89.3 Å². The first kappa shape index (κ1) is 28.0. The molecule has 5 N–H and O–H groups in total. The van der Waals surface area contributed by atoms with Crippen LogP contribution in [0.25, 0.3) is 10.8 Å². The molecule has 0 atom stereocenters. The van der Waals surface area contributed by atoms with Crippen molar-refractivity contribution in [1.82, 2.24) is 15.2 Å². The summed E-state index contributed by atoms with van der Waals surface area (Å²) in [5.74, 6) is -4.29. The number of aliphatic hydroxyl groups is 1. The van der Waals surface area contributed by atoms with Crippen LogP contribution in [0, 0.1) is 0 Å². The molecule has 0 aliphatic carbocycles. The summed E-state index contributed by atoms with van der Waals surface area (Å²) in [5.41, 5.74) is 0.291. The van der Waals surface area contributed by atoms with Crippen LogP contribution < -0.4 is 5.32 Å². The van der Waals surface area contributed by atoms with Gasteiger partial charge in [-0.2, -0.15) is 5.10 Å². The number of hydrogen-bond donors (Lipinski definition) is 5. The second kappa shape index (κ2) is 12.6. The van der Waals surface area contributed by atoms with E-state index in [1.54, 1.807) is 12.4 Å². The lowest BCUT2D eigenvalue weighted by Crippen LogP contribution is -2.42. The third kappa shape index (κ3) is 7.69. The van der Waals surface area contributed by atoms with Crippen LogP contribution in [0.15, 0.2) is 73.1 Å². The molecular formula is C26H23ClN4O7. The molecule has 0 radical (unpaired) electrons. The van der Waals surface area contributed by atoms with Gasteiger partial charge in [-0.3, -0.25) is 14.6 Å². The van der Waals surface area contributed by atoms with Gasteiger partial charge in [0.15, 0.2) is 11.4 Å². The highest BCUT2D eigenvalue weighted by atomic mass is 35.5. The molecule has 0 saturated carbocycles. The number of carboxylic acid groups (broad SMARTS) is 3. The fourth-order valence-corrected chi connectivity index (χ4v) is 3.59. The molecule has 11 nitrogen and oxygen atoms in total. The van der Waals surface area contributed by atoms with Crippen molar-refractivity contribution in [2.45, 2.75) is 24.9 Å². The number of rotatable bonds is 9. The Morgan fingerprint density at radius 3 is 1.95 bits per heavy atom. The number of hydrogen-bond acceptors (Lipinski definition) is 8. The van der Waals surface area contributed by atoms with Crippen LogP contribution >= 0.6 is 11.6 Å². The first-order chi connectivity index (χ1) is 18.1. The van der Waals surface area contributed by atoms with Crippen LogP contribution in [0.5, 0.6) is 0 Å². The van der Waals surface area contributed by atoms with E-state index >= 15 is 0 Å². The summed E-state index contributed by atoms with van der Waals surface area (Å²) in [6.45, 7) is 0. The van der Waals surface area contributed by atoms with Crippen LogP contribution in [0.2, 0.25) is 5.02 Å². The summed E-state index contributed by atoms with van der Waals surface area (Å²) in [4.78, 5) is 34.5. The molecule has 0 unspecified atom stereocenters. The molecule has 2 aromatic heterocycles. The summed E-state index contributed by atoms with van der Waals surface area (Å²) in [6, 6.07) is 19.7. The number of carbonyl (C=O) groups is 3.